The topological polar surface area (TPSA) is 62.3 Å². The summed E-state index contributed by atoms with van der Waals surface area (Å²) in [4.78, 5) is 11.6. The maximum atomic E-state index is 6.01. The van der Waals surface area contributed by atoms with Crippen LogP contribution in [0.5, 0.6) is 11.6 Å². The van der Waals surface area contributed by atoms with Gasteiger partial charge >= 0.3 is 0 Å². The highest BCUT2D eigenvalue weighted by molar-refractivity contribution is 7.80. The summed E-state index contributed by atoms with van der Waals surface area (Å²) in [6.07, 6.45) is 2.40. The summed E-state index contributed by atoms with van der Waals surface area (Å²) >= 11 is 5.47. The molecule has 0 bridgehead atoms. The monoisotopic (exact) mass is 433 g/mol. The van der Waals surface area contributed by atoms with Crippen molar-refractivity contribution in [3.05, 3.63) is 72.3 Å². The number of anilines is 2. The normalized spacial score (nSPS) is 15.9. The first-order valence-corrected chi connectivity index (χ1v) is 11.0. The third-order valence-electron chi connectivity index (χ3n) is 5.16. The first kappa shape index (κ1) is 21.1. The van der Waals surface area contributed by atoms with Gasteiger partial charge in [0.25, 0.3) is 0 Å². The molecule has 2 N–H and O–H groups in total. The Kier molecular flexibility index (Phi) is 6.94. The molecule has 0 saturated carbocycles. The molecular weight excluding hydrogens is 406 g/mol. The zero-order chi connectivity index (χ0) is 21.5. The minimum absolute atomic E-state index is 0.423. The van der Waals surface area contributed by atoms with Crippen LogP contribution in [0, 0.1) is 5.92 Å². The highest BCUT2D eigenvalue weighted by Gasteiger charge is 2.20. The molecule has 1 aliphatic heterocycles. The van der Waals surface area contributed by atoms with Crippen LogP contribution in [0.2, 0.25) is 0 Å². The molecule has 2 aromatic carbocycles. The van der Waals surface area contributed by atoms with Gasteiger partial charge in [0.1, 0.15) is 11.6 Å². The van der Waals surface area contributed by atoms with E-state index in [9.17, 15) is 0 Å². The van der Waals surface area contributed by atoms with Crippen molar-refractivity contribution < 1.29 is 4.74 Å². The molecule has 1 atom stereocenters. The van der Waals surface area contributed by atoms with E-state index in [0.29, 0.717) is 29.4 Å². The number of nitrogens with one attached hydrogen (secondary N) is 2. The van der Waals surface area contributed by atoms with Crippen molar-refractivity contribution in [2.45, 2.75) is 26.3 Å². The van der Waals surface area contributed by atoms with Crippen LogP contribution >= 0.6 is 12.2 Å². The Morgan fingerprint density at radius 2 is 1.84 bits per heavy atom. The van der Waals surface area contributed by atoms with E-state index in [2.05, 4.69) is 39.6 Å². The highest BCUT2D eigenvalue weighted by atomic mass is 32.1. The minimum atomic E-state index is 0.423. The number of ether oxygens (including phenoxy) is 1. The van der Waals surface area contributed by atoms with Crippen molar-refractivity contribution in [3.63, 3.8) is 0 Å². The average molecular weight is 434 g/mol. The molecule has 1 saturated heterocycles. The summed E-state index contributed by atoms with van der Waals surface area (Å²) in [5.74, 6) is 3.12. The van der Waals surface area contributed by atoms with E-state index in [-0.39, 0.29) is 0 Å². The van der Waals surface area contributed by atoms with Gasteiger partial charge in [-0.2, -0.15) is 9.97 Å². The van der Waals surface area contributed by atoms with Crippen molar-refractivity contribution >= 4 is 29.1 Å². The Labute approximate surface area is 188 Å². The summed E-state index contributed by atoms with van der Waals surface area (Å²) in [6.45, 7) is 4.85. The standard InChI is InChI=1S/C24H27N5OS/c1-18-9-8-14-29(17-18)21-15-22(30-20-12-6-3-7-13-20)27-23(26-21)28-24(31)25-16-19-10-4-2-5-11-19/h2-7,10-13,15,18H,8-9,14,16-17H2,1H3,(H2,25,26,27,28,31)/t18-/m0/s1. The van der Waals surface area contributed by atoms with Gasteiger partial charge in [-0.25, -0.2) is 0 Å². The lowest BCUT2D eigenvalue weighted by Crippen LogP contribution is -2.35. The molecule has 4 rings (SSSR count). The number of piperidine rings is 1. The maximum Gasteiger partial charge on any atom is 0.234 e. The van der Waals surface area contributed by atoms with Crippen molar-refractivity contribution in [1.29, 1.82) is 0 Å². The van der Waals surface area contributed by atoms with E-state index in [1.54, 1.807) is 0 Å². The molecule has 0 amide bonds. The summed E-state index contributed by atoms with van der Waals surface area (Å²) in [5, 5.41) is 6.80. The molecule has 3 aromatic rings. The second-order valence-electron chi connectivity index (χ2n) is 7.79. The number of benzene rings is 2. The van der Waals surface area contributed by atoms with Gasteiger partial charge in [0.2, 0.25) is 11.8 Å². The SMILES string of the molecule is C[C@H]1CCCN(c2cc(Oc3ccccc3)nc(NC(=S)NCc3ccccc3)n2)C1. The lowest BCUT2D eigenvalue weighted by molar-refractivity contribution is 0.440. The fraction of sp³-hybridized carbons (Fsp3) is 0.292. The lowest BCUT2D eigenvalue weighted by Gasteiger charge is -2.32. The smallest absolute Gasteiger partial charge is 0.234 e. The molecule has 6 nitrogen and oxygen atoms in total. The Balaban J connectivity index is 1.51. The fourth-order valence-electron chi connectivity index (χ4n) is 3.61. The van der Waals surface area contributed by atoms with E-state index in [4.69, 9.17) is 21.9 Å². The highest BCUT2D eigenvalue weighted by Crippen LogP contribution is 2.27. The molecular formula is C24H27N5OS. The maximum absolute atomic E-state index is 6.01. The predicted molar refractivity (Wildman–Crippen MR) is 129 cm³/mol. The van der Waals surface area contributed by atoms with E-state index >= 15 is 0 Å². The number of hydrogen-bond acceptors (Lipinski definition) is 5. The Hall–Kier alpha value is -3.19. The van der Waals surface area contributed by atoms with Crippen LogP contribution in [-0.4, -0.2) is 28.2 Å². The van der Waals surface area contributed by atoms with E-state index in [0.717, 1.165) is 36.6 Å². The number of nitrogens with zero attached hydrogens (tertiary/aromatic N) is 3. The predicted octanol–water partition coefficient (Wildman–Crippen LogP) is 4.99. The number of rotatable bonds is 6. The van der Waals surface area contributed by atoms with Crippen LogP contribution in [0.25, 0.3) is 0 Å². The Bertz CT molecular complexity index is 999. The van der Waals surface area contributed by atoms with Gasteiger partial charge in [-0.05, 0) is 48.7 Å². The summed E-state index contributed by atoms with van der Waals surface area (Å²) in [5.41, 5.74) is 1.15. The first-order valence-electron chi connectivity index (χ1n) is 10.6. The third kappa shape index (κ3) is 6.15. The van der Waals surface area contributed by atoms with Crippen LogP contribution < -0.4 is 20.3 Å². The van der Waals surface area contributed by atoms with Crippen molar-refractivity contribution in [3.8, 4) is 11.6 Å². The van der Waals surface area contributed by atoms with Crippen LogP contribution in [0.4, 0.5) is 11.8 Å². The third-order valence-corrected chi connectivity index (χ3v) is 5.40. The first-order chi connectivity index (χ1) is 15.2. The molecule has 0 unspecified atom stereocenters. The zero-order valence-electron chi connectivity index (χ0n) is 17.6. The van der Waals surface area contributed by atoms with Gasteiger partial charge in [-0.1, -0.05) is 55.5 Å². The zero-order valence-corrected chi connectivity index (χ0v) is 18.4. The molecule has 0 spiro atoms. The van der Waals surface area contributed by atoms with Crippen LogP contribution in [0.3, 0.4) is 0 Å². The molecule has 2 heterocycles. The van der Waals surface area contributed by atoms with E-state index < -0.39 is 0 Å². The molecule has 160 valence electrons. The van der Waals surface area contributed by atoms with Crippen molar-refractivity contribution in [1.82, 2.24) is 15.3 Å². The molecule has 1 aliphatic rings. The van der Waals surface area contributed by atoms with Crippen molar-refractivity contribution in [2.24, 2.45) is 5.92 Å². The van der Waals surface area contributed by atoms with Crippen LogP contribution in [0.15, 0.2) is 66.7 Å². The Morgan fingerprint density at radius 3 is 2.58 bits per heavy atom. The fourth-order valence-corrected chi connectivity index (χ4v) is 3.78. The number of thiocarbonyl (C=S) groups is 1. The van der Waals surface area contributed by atoms with E-state index in [1.807, 2.05) is 54.6 Å². The molecule has 1 fully saturated rings. The Morgan fingerprint density at radius 1 is 1.10 bits per heavy atom. The van der Waals surface area contributed by atoms with Gasteiger partial charge in [0, 0.05) is 25.7 Å². The second kappa shape index (κ2) is 10.2. The number of hydrogen-bond donors (Lipinski definition) is 2. The lowest BCUT2D eigenvalue weighted by atomic mass is 10.0. The molecule has 0 aliphatic carbocycles. The summed E-state index contributed by atoms with van der Waals surface area (Å²) in [7, 11) is 0. The number of para-hydroxylation sites is 1. The number of aromatic nitrogens is 2. The quantitative estimate of drug-likeness (QED) is 0.531. The largest absolute Gasteiger partial charge is 0.439 e. The van der Waals surface area contributed by atoms with Gasteiger partial charge < -0.3 is 20.3 Å². The summed E-state index contributed by atoms with van der Waals surface area (Å²) in [6, 6.07) is 21.7. The van der Waals surface area contributed by atoms with Crippen LogP contribution in [-0.2, 0) is 6.54 Å². The van der Waals surface area contributed by atoms with Crippen molar-refractivity contribution in [2.75, 3.05) is 23.3 Å². The molecule has 0 radical (unpaired) electrons. The van der Waals surface area contributed by atoms with E-state index in [1.165, 1.54) is 6.42 Å². The van der Waals surface area contributed by atoms with Crippen LogP contribution in [0.1, 0.15) is 25.3 Å². The summed E-state index contributed by atoms with van der Waals surface area (Å²) < 4.78 is 6.01. The minimum Gasteiger partial charge on any atom is -0.439 e. The molecule has 31 heavy (non-hydrogen) atoms. The van der Waals surface area contributed by atoms with Gasteiger partial charge in [-0.3, -0.25) is 0 Å². The molecule has 1 aromatic heterocycles. The second-order valence-corrected chi connectivity index (χ2v) is 8.20. The average Bonchev–Trinajstić information content (AvgIpc) is 2.79. The van der Waals surface area contributed by atoms with Gasteiger partial charge in [0.05, 0.1) is 0 Å². The van der Waals surface area contributed by atoms with Gasteiger partial charge in [-0.15, -0.1) is 0 Å². The molecule has 7 heteroatoms. The van der Waals surface area contributed by atoms with Gasteiger partial charge in [0.15, 0.2) is 5.11 Å².